The molecule has 0 radical (unpaired) electrons. The molecule has 0 spiro atoms. The highest BCUT2D eigenvalue weighted by atomic mass is 35.5. The molecule has 1 amide bonds. The van der Waals surface area contributed by atoms with Crippen molar-refractivity contribution in [1.82, 2.24) is 4.90 Å². The lowest BCUT2D eigenvalue weighted by Crippen LogP contribution is -2.39. The first kappa shape index (κ1) is 18.4. The third kappa shape index (κ3) is 3.43. The summed E-state index contributed by atoms with van der Waals surface area (Å²) in [5.41, 5.74) is 0.939. The van der Waals surface area contributed by atoms with Gasteiger partial charge in [0.15, 0.2) is 0 Å². The van der Waals surface area contributed by atoms with Gasteiger partial charge in [-0.1, -0.05) is 35.9 Å². The molecule has 136 valence electrons. The molecular weight excluding hydrogens is 359 g/mol. The van der Waals surface area contributed by atoms with Gasteiger partial charge in [0, 0.05) is 13.1 Å². The summed E-state index contributed by atoms with van der Waals surface area (Å²) in [6, 6.07) is 10.6. The van der Waals surface area contributed by atoms with Crippen LogP contribution < -0.4 is 4.90 Å². The van der Waals surface area contributed by atoms with E-state index < -0.39 is 17.8 Å². The molecule has 26 heavy (non-hydrogen) atoms. The number of anilines is 1. The van der Waals surface area contributed by atoms with Gasteiger partial charge in [0.05, 0.1) is 22.3 Å². The van der Waals surface area contributed by atoms with E-state index in [4.69, 9.17) is 11.6 Å². The van der Waals surface area contributed by atoms with Gasteiger partial charge in [0.25, 0.3) is 0 Å². The average Bonchev–Trinajstić information content (AvgIpc) is 2.98. The van der Waals surface area contributed by atoms with Gasteiger partial charge < -0.3 is 10.0 Å². The zero-order chi connectivity index (χ0) is 18.8. The number of carbonyl (C=O) groups is 2. The molecule has 1 N–H and O–H groups in total. The van der Waals surface area contributed by atoms with Crippen molar-refractivity contribution in [3.63, 3.8) is 0 Å². The van der Waals surface area contributed by atoms with E-state index in [-0.39, 0.29) is 22.2 Å². The molecule has 1 heterocycles. The number of nitrogens with zero attached hydrogens (tertiary/aromatic N) is 2. The Morgan fingerprint density at radius 3 is 2.73 bits per heavy atom. The molecule has 1 aliphatic heterocycles. The predicted molar refractivity (Wildman–Crippen MR) is 97.0 cm³/mol. The number of carboxylic acid groups (broad SMARTS) is 1. The smallest absolute Gasteiger partial charge is 0.337 e. The number of hydrogen-bond donors (Lipinski definition) is 1. The van der Waals surface area contributed by atoms with Gasteiger partial charge in [-0.15, -0.1) is 0 Å². The largest absolute Gasteiger partial charge is 0.478 e. The molecule has 1 atom stereocenters. The number of likely N-dealkylation sites (N-methyl/N-ethyl adjacent to an activating group) is 1. The van der Waals surface area contributed by atoms with Crippen LogP contribution in [0.25, 0.3) is 0 Å². The van der Waals surface area contributed by atoms with Crippen molar-refractivity contribution < 1.29 is 19.1 Å². The van der Waals surface area contributed by atoms with E-state index in [0.29, 0.717) is 25.1 Å². The molecule has 7 heteroatoms. The Kier molecular flexibility index (Phi) is 5.25. The molecule has 1 unspecified atom stereocenters. The average molecular weight is 377 g/mol. The van der Waals surface area contributed by atoms with E-state index in [1.807, 2.05) is 4.90 Å². The minimum absolute atomic E-state index is 0.0308. The summed E-state index contributed by atoms with van der Waals surface area (Å²) in [7, 11) is 1.77. The van der Waals surface area contributed by atoms with Crippen molar-refractivity contribution in [1.29, 1.82) is 0 Å². The Morgan fingerprint density at radius 1 is 1.31 bits per heavy atom. The van der Waals surface area contributed by atoms with Crippen molar-refractivity contribution >= 4 is 29.2 Å². The van der Waals surface area contributed by atoms with Crippen LogP contribution in [-0.2, 0) is 11.3 Å². The fraction of sp³-hybridized carbons (Fsp3) is 0.263. The molecule has 0 aromatic heterocycles. The van der Waals surface area contributed by atoms with Crippen LogP contribution in [0.1, 0.15) is 22.3 Å². The Bertz CT molecular complexity index is 858. The zero-order valence-electron chi connectivity index (χ0n) is 14.2. The van der Waals surface area contributed by atoms with Gasteiger partial charge in [0.1, 0.15) is 5.82 Å². The molecule has 0 saturated carbocycles. The van der Waals surface area contributed by atoms with Crippen molar-refractivity contribution in [3.8, 4) is 0 Å². The van der Waals surface area contributed by atoms with Crippen molar-refractivity contribution in [3.05, 3.63) is 64.4 Å². The molecule has 1 fully saturated rings. The molecule has 0 bridgehead atoms. The van der Waals surface area contributed by atoms with Gasteiger partial charge >= 0.3 is 5.97 Å². The van der Waals surface area contributed by atoms with Crippen LogP contribution in [0.5, 0.6) is 0 Å². The van der Waals surface area contributed by atoms with Gasteiger partial charge in [-0.3, -0.25) is 9.69 Å². The van der Waals surface area contributed by atoms with E-state index in [1.54, 1.807) is 37.4 Å². The summed E-state index contributed by atoms with van der Waals surface area (Å²) in [6.07, 6.45) is 0.555. The summed E-state index contributed by atoms with van der Waals surface area (Å²) >= 11 is 6.18. The first-order valence-electron chi connectivity index (χ1n) is 8.17. The number of amides is 1. The number of halogens is 2. The molecule has 5 nitrogen and oxygen atoms in total. The van der Waals surface area contributed by atoms with E-state index in [1.165, 1.54) is 17.0 Å². The number of carboxylic acids is 1. The number of carbonyl (C=O) groups excluding carboxylic acids is 1. The van der Waals surface area contributed by atoms with E-state index in [9.17, 15) is 19.1 Å². The summed E-state index contributed by atoms with van der Waals surface area (Å²) < 4.78 is 14.0. The topological polar surface area (TPSA) is 60.9 Å². The SMILES string of the molecule is CN(Cc1cccc(C(=O)O)c1Cl)C1CCN(c2ccccc2F)C1=O. The van der Waals surface area contributed by atoms with Gasteiger partial charge in [-0.25, -0.2) is 9.18 Å². The number of benzene rings is 2. The van der Waals surface area contributed by atoms with Crippen LogP contribution >= 0.6 is 11.6 Å². The molecule has 1 saturated heterocycles. The number of aromatic carboxylic acids is 1. The van der Waals surface area contributed by atoms with Crippen LogP contribution in [-0.4, -0.2) is 41.5 Å². The van der Waals surface area contributed by atoms with Gasteiger partial charge in [-0.2, -0.15) is 0 Å². The highest BCUT2D eigenvalue weighted by Gasteiger charge is 2.36. The van der Waals surface area contributed by atoms with Gasteiger partial charge in [0.2, 0.25) is 5.91 Å². The first-order chi connectivity index (χ1) is 12.4. The lowest BCUT2D eigenvalue weighted by molar-refractivity contribution is -0.121. The Morgan fingerprint density at radius 2 is 2.04 bits per heavy atom. The third-order valence-corrected chi connectivity index (χ3v) is 5.03. The third-order valence-electron chi connectivity index (χ3n) is 4.58. The second-order valence-electron chi connectivity index (χ2n) is 6.24. The minimum atomic E-state index is -1.10. The van der Waals surface area contributed by atoms with Crippen LogP contribution in [0.3, 0.4) is 0 Å². The maximum absolute atomic E-state index is 14.0. The van der Waals surface area contributed by atoms with Crippen molar-refractivity contribution in [2.75, 3.05) is 18.5 Å². The highest BCUT2D eigenvalue weighted by Crippen LogP contribution is 2.28. The van der Waals surface area contributed by atoms with Gasteiger partial charge in [-0.05, 0) is 37.2 Å². The molecular formula is C19H18ClFN2O3. The first-order valence-corrected chi connectivity index (χ1v) is 8.54. The Balaban J connectivity index is 1.77. The fourth-order valence-electron chi connectivity index (χ4n) is 3.23. The lowest BCUT2D eigenvalue weighted by atomic mass is 10.1. The quantitative estimate of drug-likeness (QED) is 0.868. The van der Waals surface area contributed by atoms with E-state index in [2.05, 4.69) is 0 Å². The molecule has 1 aliphatic rings. The Labute approximate surface area is 155 Å². The molecule has 3 rings (SSSR count). The molecule has 0 aliphatic carbocycles. The molecule has 2 aromatic carbocycles. The van der Waals surface area contributed by atoms with Crippen LogP contribution in [0.4, 0.5) is 10.1 Å². The fourth-order valence-corrected chi connectivity index (χ4v) is 3.50. The standard InChI is InChI=1S/C19H18ClFN2O3/c1-22(11-12-5-4-6-13(17(12)20)19(25)26)16-9-10-23(18(16)24)15-8-3-2-7-14(15)21/h2-8,16H,9-11H2,1H3,(H,25,26). The number of rotatable bonds is 5. The second kappa shape index (κ2) is 7.43. The summed E-state index contributed by atoms with van der Waals surface area (Å²) in [5, 5.41) is 9.34. The number of para-hydroxylation sites is 1. The van der Waals surface area contributed by atoms with Crippen LogP contribution in [0.15, 0.2) is 42.5 Å². The normalized spacial score (nSPS) is 17.2. The second-order valence-corrected chi connectivity index (χ2v) is 6.62. The van der Waals surface area contributed by atoms with Crippen molar-refractivity contribution in [2.24, 2.45) is 0 Å². The highest BCUT2D eigenvalue weighted by molar-refractivity contribution is 6.34. The van der Waals surface area contributed by atoms with E-state index in [0.717, 1.165) is 0 Å². The van der Waals surface area contributed by atoms with Crippen LogP contribution in [0, 0.1) is 5.82 Å². The zero-order valence-corrected chi connectivity index (χ0v) is 14.9. The monoisotopic (exact) mass is 376 g/mol. The number of hydrogen-bond acceptors (Lipinski definition) is 3. The molecule has 2 aromatic rings. The summed E-state index contributed by atoms with van der Waals surface area (Å²) in [5.74, 6) is -1.70. The predicted octanol–water partition coefficient (Wildman–Crippen LogP) is 3.41. The summed E-state index contributed by atoms with van der Waals surface area (Å²) in [4.78, 5) is 27.2. The van der Waals surface area contributed by atoms with Crippen molar-refractivity contribution in [2.45, 2.75) is 19.0 Å². The maximum Gasteiger partial charge on any atom is 0.337 e. The summed E-state index contributed by atoms with van der Waals surface area (Å²) in [6.45, 7) is 0.749. The Hall–Kier alpha value is -2.44. The van der Waals surface area contributed by atoms with Crippen LogP contribution in [0.2, 0.25) is 5.02 Å². The van der Waals surface area contributed by atoms with E-state index >= 15 is 0 Å². The lowest BCUT2D eigenvalue weighted by Gasteiger charge is -2.24. The minimum Gasteiger partial charge on any atom is -0.478 e. The maximum atomic E-state index is 14.0.